The number of sulfonamides is 1. The van der Waals surface area contributed by atoms with Crippen LogP contribution >= 0.6 is 0 Å². The molecule has 29 heavy (non-hydrogen) atoms. The Hall–Kier alpha value is -2.87. The Labute approximate surface area is 170 Å². The molecule has 2 aromatic carbocycles. The van der Waals surface area contributed by atoms with Crippen LogP contribution in [0.5, 0.6) is 5.75 Å². The molecule has 0 spiro atoms. The van der Waals surface area contributed by atoms with E-state index >= 15 is 0 Å². The lowest BCUT2D eigenvalue weighted by Gasteiger charge is -2.40. The molecule has 7 nitrogen and oxygen atoms in total. The van der Waals surface area contributed by atoms with Gasteiger partial charge < -0.3 is 9.64 Å². The van der Waals surface area contributed by atoms with Crippen LogP contribution in [0.15, 0.2) is 48.5 Å². The average molecular weight is 416 g/mol. The molecule has 154 valence electrons. The van der Waals surface area contributed by atoms with E-state index in [4.69, 9.17) is 4.74 Å². The highest BCUT2D eigenvalue weighted by molar-refractivity contribution is 7.89. The minimum absolute atomic E-state index is 0.113. The monoisotopic (exact) mass is 416 g/mol. The zero-order valence-electron chi connectivity index (χ0n) is 16.6. The van der Waals surface area contributed by atoms with Gasteiger partial charge in [0.15, 0.2) is 0 Å². The SMILES string of the molecule is COc1ccc(C2C(C(=O)NS(C)(=O)=O)CCC(=O)N2c2ccc(C)cc2)cc1. The number of rotatable bonds is 5. The number of carbonyl (C=O) groups is 2. The molecule has 0 aromatic heterocycles. The number of piperidine rings is 1. The minimum atomic E-state index is -3.71. The summed E-state index contributed by atoms with van der Waals surface area (Å²) < 4.78 is 30.6. The number of carbonyl (C=O) groups excluding carboxylic acids is 2. The zero-order chi connectivity index (χ0) is 21.2. The number of benzene rings is 2. The van der Waals surface area contributed by atoms with Crippen LogP contribution in [0.25, 0.3) is 0 Å². The standard InChI is InChI=1S/C21H24N2O5S/c1-14-4-8-16(9-5-14)23-19(24)13-12-18(21(25)22-29(3,26)27)20(23)15-6-10-17(28-2)11-7-15/h4-11,18,20H,12-13H2,1-3H3,(H,22,25). The predicted octanol–water partition coefficient (Wildman–Crippen LogP) is 2.56. The van der Waals surface area contributed by atoms with E-state index in [2.05, 4.69) is 4.72 Å². The third-order valence-corrected chi connectivity index (χ3v) is 5.56. The van der Waals surface area contributed by atoms with Crippen molar-refractivity contribution < 1.29 is 22.7 Å². The van der Waals surface area contributed by atoms with Gasteiger partial charge in [-0.15, -0.1) is 0 Å². The lowest BCUT2D eigenvalue weighted by atomic mass is 9.83. The molecule has 2 amide bonds. The summed E-state index contributed by atoms with van der Waals surface area (Å²) in [5, 5.41) is 0. The lowest BCUT2D eigenvalue weighted by molar-refractivity contribution is -0.128. The Kier molecular flexibility index (Phi) is 5.93. The largest absolute Gasteiger partial charge is 0.497 e. The average Bonchev–Trinajstić information content (AvgIpc) is 2.67. The molecule has 0 radical (unpaired) electrons. The fourth-order valence-corrected chi connectivity index (χ4v) is 4.13. The maximum absolute atomic E-state index is 12.9. The minimum Gasteiger partial charge on any atom is -0.497 e. The van der Waals surface area contributed by atoms with Gasteiger partial charge in [-0.05, 0) is 43.2 Å². The highest BCUT2D eigenvalue weighted by atomic mass is 32.2. The molecule has 2 atom stereocenters. The van der Waals surface area contributed by atoms with Crippen molar-refractivity contribution in [3.8, 4) is 5.75 Å². The number of amides is 2. The number of anilines is 1. The molecule has 1 aliphatic rings. The highest BCUT2D eigenvalue weighted by Crippen LogP contribution is 2.40. The van der Waals surface area contributed by atoms with Crippen LogP contribution in [-0.4, -0.2) is 33.6 Å². The molecule has 1 heterocycles. The van der Waals surface area contributed by atoms with Gasteiger partial charge in [0, 0.05) is 12.1 Å². The summed E-state index contributed by atoms with van der Waals surface area (Å²) in [5.74, 6) is -0.789. The smallest absolute Gasteiger partial charge is 0.238 e. The number of aryl methyl sites for hydroxylation is 1. The summed E-state index contributed by atoms with van der Waals surface area (Å²) in [4.78, 5) is 27.3. The van der Waals surface area contributed by atoms with E-state index in [1.165, 1.54) is 0 Å². The summed E-state index contributed by atoms with van der Waals surface area (Å²) in [6.45, 7) is 1.95. The van der Waals surface area contributed by atoms with E-state index in [0.29, 0.717) is 11.4 Å². The molecule has 8 heteroatoms. The highest BCUT2D eigenvalue weighted by Gasteiger charge is 2.42. The summed E-state index contributed by atoms with van der Waals surface area (Å²) in [6.07, 6.45) is 1.36. The Morgan fingerprint density at radius 2 is 1.72 bits per heavy atom. The van der Waals surface area contributed by atoms with Crippen LogP contribution in [0.3, 0.4) is 0 Å². The predicted molar refractivity (Wildman–Crippen MR) is 110 cm³/mol. The first-order chi connectivity index (χ1) is 13.7. The van der Waals surface area contributed by atoms with Crippen LogP contribution in [0.2, 0.25) is 0 Å². The first kappa shape index (κ1) is 20.9. The summed E-state index contributed by atoms with van der Waals surface area (Å²) in [5.41, 5.74) is 2.44. The quantitative estimate of drug-likeness (QED) is 0.809. The Bertz CT molecular complexity index is 1000. The second-order valence-electron chi connectivity index (χ2n) is 7.20. The van der Waals surface area contributed by atoms with Gasteiger partial charge in [-0.25, -0.2) is 8.42 Å². The molecule has 0 bridgehead atoms. The van der Waals surface area contributed by atoms with E-state index in [-0.39, 0.29) is 18.7 Å². The second-order valence-corrected chi connectivity index (χ2v) is 8.95. The van der Waals surface area contributed by atoms with Crippen molar-refractivity contribution >= 4 is 27.5 Å². The second kappa shape index (κ2) is 8.24. The number of hydrogen-bond acceptors (Lipinski definition) is 5. The Morgan fingerprint density at radius 1 is 1.10 bits per heavy atom. The van der Waals surface area contributed by atoms with Gasteiger partial charge in [0.05, 0.1) is 25.3 Å². The van der Waals surface area contributed by atoms with Gasteiger partial charge in [0.2, 0.25) is 21.8 Å². The fourth-order valence-electron chi connectivity index (χ4n) is 3.62. The molecule has 1 aliphatic heterocycles. The van der Waals surface area contributed by atoms with Crippen molar-refractivity contribution in [2.24, 2.45) is 5.92 Å². The molecule has 1 saturated heterocycles. The normalized spacial score (nSPS) is 19.7. The van der Waals surface area contributed by atoms with E-state index < -0.39 is 27.9 Å². The van der Waals surface area contributed by atoms with E-state index in [9.17, 15) is 18.0 Å². The van der Waals surface area contributed by atoms with Crippen molar-refractivity contribution in [1.82, 2.24) is 4.72 Å². The topological polar surface area (TPSA) is 92.8 Å². The molecule has 1 fully saturated rings. The number of nitrogens with zero attached hydrogens (tertiary/aromatic N) is 1. The Morgan fingerprint density at radius 3 is 2.28 bits per heavy atom. The number of ether oxygens (including phenoxy) is 1. The van der Waals surface area contributed by atoms with Gasteiger partial charge >= 0.3 is 0 Å². The van der Waals surface area contributed by atoms with Gasteiger partial charge in [-0.1, -0.05) is 29.8 Å². The van der Waals surface area contributed by atoms with E-state index in [1.807, 2.05) is 31.2 Å². The van der Waals surface area contributed by atoms with Crippen LogP contribution < -0.4 is 14.4 Å². The maximum atomic E-state index is 12.9. The molecular formula is C21H24N2O5S. The van der Waals surface area contributed by atoms with Crippen molar-refractivity contribution in [2.75, 3.05) is 18.3 Å². The van der Waals surface area contributed by atoms with Gasteiger partial charge in [-0.2, -0.15) is 0 Å². The van der Waals surface area contributed by atoms with Crippen molar-refractivity contribution in [1.29, 1.82) is 0 Å². The third kappa shape index (κ3) is 4.76. The third-order valence-electron chi connectivity index (χ3n) is 4.99. The van der Waals surface area contributed by atoms with E-state index in [1.54, 1.807) is 36.3 Å². The summed E-state index contributed by atoms with van der Waals surface area (Å²) >= 11 is 0. The Balaban J connectivity index is 2.08. The lowest BCUT2D eigenvalue weighted by Crippen LogP contribution is -2.49. The van der Waals surface area contributed by atoms with Gasteiger partial charge in [0.25, 0.3) is 0 Å². The molecule has 2 unspecified atom stereocenters. The number of methoxy groups -OCH3 is 1. The molecule has 0 saturated carbocycles. The number of nitrogens with one attached hydrogen (secondary N) is 1. The summed E-state index contributed by atoms with van der Waals surface area (Å²) in [6, 6.07) is 13.9. The van der Waals surface area contributed by atoms with Gasteiger partial charge in [-0.3, -0.25) is 14.3 Å². The molecule has 0 aliphatic carbocycles. The first-order valence-electron chi connectivity index (χ1n) is 9.24. The van der Waals surface area contributed by atoms with Crippen LogP contribution in [0.4, 0.5) is 5.69 Å². The maximum Gasteiger partial charge on any atom is 0.238 e. The van der Waals surface area contributed by atoms with Gasteiger partial charge in [0.1, 0.15) is 5.75 Å². The fraction of sp³-hybridized carbons (Fsp3) is 0.333. The zero-order valence-corrected chi connectivity index (χ0v) is 17.4. The summed E-state index contributed by atoms with van der Waals surface area (Å²) in [7, 11) is -2.16. The molecule has 3 rings (SSSR count). The van der Waals surface area contributed by atoms with Crippen LogP contribution in [0.1, 0.15) is 30.0 Å². The van der Waals surface area contributed by atoms with Crippen LogP contribution in [-0.2, 0) is 19.6 Å². The first-order valence-corrected chi connectivity index (χ1v) is 11.1. The molecule has 2 aromatic rings. The van der Waals surface area contributed by atoms with Crippen molar-refractivity contribution in [3.63, 3.8) is 0 Å². The molecule has 1 N–H and O–H groups in total. The van der Waals surface area contributed by atoms with E-state index in [0.717, 1.165) is 17.4 Å². The number of hydrogen-bond donors (Lipinski definition) is 1. The van der Waals surface area contributed by atoms with Crippen molar-refractivity contribution in [3.05, 3.63) is 59.7 Å². The van der Waals surface area contributed by atoms with Crippen LogP contribution in [0, 0.1) is 12.8 Å². The molecular weight excluding hydrogens is 392 g/mol. The van der Waals surface area contributed by atoms with Crippen molar-refractivity contribution in [2.45, 2.75) is 25.8 Å².